The molecule has 3 aliphatic rings. The van der Waals surface area contributed by atoms with Crippen molar-refractivity contribution in [1.82, 2.24) is 0 Å². The van der Waals surface area contributed by atoms with E-state index in [1.165, 1.54) is 0 Å². The van der Waals surface area contributed by atoms with Crippen molar-refractivity contribution in [2.75, 3.05) is 0 Å². The predicted molar refractivity (Wildman–Crippen MR) is 73.1 cm³/mol. The predicted octanol–water partition coefficient (Wildman–Crippen LogP) is 3.68. The number of hydrogen-bond donors (Lipinski definition) is 0. The van der Waals surface area contributed by atoms with Crippen LogP contribution in [-0.2, 0) is 14.3 Å². The lowest BCUT2D eigenvalue weighted by molar-refractivity contribution is -0.155. The van der Waals surface area contributed by atoms with Crippen molar-refractivity contribution in [3.8, 4) is 0 Å². The van der Waals surface area contributed by atoms with Crippen LogP contribution < -0.4 is 0 Å². The third-order valence-corrected chi connectivity index (χ3v) is 8.34. The number of rotatable bonds is 0. The van der Waals surface area contributed by atoms with Gasteiger partial charge in [0, 0.05) is 0 Å². The second kappa shape index (κ2) is 3.68. The van der Waals surface area contributed by atoms with Gasteiger partial charge in [0.15, 0.2) is 4.33 Å². The van der Waals surface area contributed by atoms with E-state index < -0.39 is 31.4 Å². The Morgan fingerprint density at radius 2 is 1.58 bits per heavy atom. The van der Waals surface area contributed by atoms with Crippen molar-refractivity contribution in [3.63, 3.8) is 0 Å². The standard InChI is InChI=1S/C10H4Cl6O3/c11-4-5(12)9(14)7(1-3(17)19-6(7)18)2-8(4,13)10(9,15)16/h1-2H2. The fourth-order valence-electron chi connectivity index (χ4n) is 3.06. The molecule has 0 aromatic rings. The molecular formula is C10H4Cl6O3. The fraction of sp³-hybridized carbons (Fsp3) is 0.600. The summed E-state index contributed by atoms with van der Waals surface area (Å²) < 4.78 is 2.74. The molecule has 3 unspecified atom stereocenters. The lowest BCUT2D eigenvalue weighted by Crippen LogP contribution is -2.51. The Bertz CT molecular complexity index is 572. The quantitative estimate of drug-likeness (QED) is 0.363. The first kappa shape index (κ1) is 14.6. The highest BCUT2D eigenvalue weighted by atomic mass is 35.5. The molecule has 1 saturated heterocycles. The van der Waals surface area contributed by atoms with Crippen LogP contribution in [0.3, 0.4) is 0 Å². The third-order valence-electron chi connectivity index (χ3n) is 4.02. The van der Waals surface area contributed by atoms with Crippen molar-refractivity contribution in [2.24, 2.45) is 5.41 Å². The first-order valence-corrected chi connectivity index (χ1v) is 7.38. The minimum Gasteiger partial charge on any atom is -0.393 e. The zero-order chi connectivity index (χ0) is 14.4. The zero-order valence-corrected chi connectivity index (χ0v) is 13.4. The van der Waals surface area contributed by atoms with Crippen LogP contribution in [0.15, 0.2) is 10.1 Å². The topological polar surface area (TPSA) is 43.4 Å². The Kier molecular flexibility index (Phi) is 2.82. The van der Waals surface area contributed by atoms with Gasteiger partial charge in [-0.15, -0.1) is 23.2 Å². The zero-order valence-electron chi connectivity index (χ0n) is 8.91. The number of cyclic esters (lactones) is 2. The van der Waals surface area contributed by atoms with Gasteiger partial charge in [0.1, 0.15) is 15.2 Å². The number of carbonyl (C=O) groups excluding carboxylic acids is 2. The molecule has 0 N–H and O–H groups in total. The number of carbonyl (C=O) groups is 2. The van der Waals surface area contributed by atoms with E-state index in [1.807, 2.05) is 0 Å². The number of allylic oxidation sites excluding steroid dienone is 2. The van der Waals surface area contributed by atoms with E-state index in [2.05, 4.69) is 4.74 Å². The number of halogens is 6. The average Bonchev–Trinajstić information content (AvgIpc) is 2.68. The molecule has 1 saturated carbocycles. The molecule has 1 spiro atoms. The summed E-state index contributed by atoms with van der Waals surface area (Å²) >= 11 is 37.5. The number of ether oxygens (including phenoxy) is 1. The van der Waals surface area contributed by atoms with Gasteiger partial charge in [-0.3, -0.25) is 9.59 Å². The van der Waals surface area contributed by atoms with Crippen LogP contribution in [0, 0.1) is 5.41 Å². The van der Waals surface area contributed by atoms with E-state index in [0.29, 0.717) is 0 Å². The van der Waals surface area contributed by atoms with Crippen molar-refractivity contribution in [3.05, 3.63) is 10.1 Å². The number of hydrogen-bond acceptors (Lipinski definition) is 3. The van der Waals surface area contributed by atoms with Gasteiger partial charge in [-0.25, -0.2) is 0 Å². The monoisotopic (exact) mass is 382 g/mol. The van der Waals surface area contributed by atoms with E-state index in [1.54, 1.807) is 0 Å². The van der Waals surface area contributed by atoms with Crippen LogP contribution in [-0.4, -0.2) is 26.0 Å². The molecule has 0 amide bonds. The van der Waals surface area contributed by atoms with Gasteiger partial charge in [0.2, 0.25) is 0 Å². The van der Waals surface area contributed by atoms with Crippen LogP contribution in [0.5, 0.6) is 0 Å². The molecule has 3 atom stereocenters. The maximum atomic E-state index is 12.1. The maximum Gasteiger partial charge on any atom is 0.322 e. The summed E-state index contributed by atoms with van der Waals surface area (Å²) in [6, 6.07) is 0. The summed E-state index contributed by atoms with van der Waals surface area (Å²) in [5.74, 6) is -1.55. The second-order valence-electron chi connectivity index (χ2n) is 4.86. The molecule has 3 rings (SSSR count). The molecule has 2 fully saturated rings. The van der Waals surface area contributed by atoms with Crippen LogP contribution in [0.2, 0.25) is 0 Å². The van der Waals surface area contributed by atoms with E-state index >= 15 is 0 Å². The van der Waals surface area contributed by atoms with Gasteiger partial charge in [-0.1, -0.05) is 46.4 Å². The van der Waals surface area contributed by atoms with Crippen LogP contribution in [0.25, 0.3) is 0 Å². The first-order valence-electron chi connectivity index (χ1n) is 5.11. The molecule has 9 heteroatoms. The van der Waals surface area contributed by atoms with E-state index in [0.717, 1.165) is 0 Å². The normalized spacial score (nSPS) is 47.5. The summed E-state index contributed by atoms with van der Waals surface area (Å²) in [7, 11) is 0. The molecule has 0 aromatic carbocycles. The molecule has 0 aromatic heterocycles. The molecule has 1 heterocycles. The van der Waals surface area contributed by atoms with Gasteiger partial charge in [-0.2, -0.15) is 0 Å². The van der Waals surface area contributed by atoms with Gasteiger partial charge in [0.25, 0.3) is 0 Å². The van der Waals surface area contributed by atoms with Crippen LogP contribution in [0.4, 0.5) is 0 Å². The lowest BCUT2D eigenvalue weighted by Gasteiger charge is -2.37. The molecule has 3 nitrogen and oxygen atoms in total. The van der Waals surface area contributed by atoms with Crippen LogP contribution >= 0.6 is 69.6 Å². The molecule has 19 heavy (non-hydrogen) atoms. The Hall–Kier alpha value is 0.620. The Labute approximate surface area is 138 Å². The van der Waals surface area contributed by atoms with Gasteiger partial charge in [-0.05, 0) is 6.42 Å². The van der Waals surface area contributed by atoms with Gasteiger partial charge in [0.05, 0.1) is 16.5 Å². The summed E-state index contributed by atoms with van der Waals surface area (Å²) in [5.41, 5.74) is -1.49. The SMILES string of the molecule is O=C1CC2(CC3(Cl)C(Cl)=C(Cl)C2(Cl)C3(Cl)Cl)C(=O)O1. The summed E-state index contributed by atoms with van der Waals surface area (Å²) in [4.78, 5) is 20.2. The number of fused-ring (bicyclic) bond motifs is 3. The summed E-state index contributed by atoms with van der Waals surface area (Å²) in [6.45, 7) is 0. The largest absolute Gasteiger partial charge is 0.393 e. The van der Waals surface area contributed by atoms with Crippen molar-refractivity contribution >= 4 is 81.5 Å². The Balaban J connectivity index is 2.32. The smallest absolute Gasteiger partial charge is 0.322 e. The van der Waals surface area contributed by atoms with Crippen molar-refractivity contribution in [2.45, 2.75) is 26.9 Å². The average molecular weight is 385 g/mol. The molecule has 0 radical (unpaired) electrons. The molecule has 2 aliphatic carbocycles. The first-order chi connectivity index (χ1) is 8.54. The number of alkyl halides is 4. The van der Waals surface area contributed by atoms with Gasteiger partial charge < -0.3 is 4.74 Å². The molecule has 104 valence electrons. The van der Waals surface area contributed by atoms with E-state index in [-0.39, 0.29) is 22.9 Å². The Morgan fingerprint density at radius 1 is 1.00 bits per heavy atom. The fourth-order valence-corrected chi connectivity index (χ4v) is 6.04. The van der Waals surface area contributed by atoms with Crippen molar-refractivity contribution in [1.29, 1.82) is 0 Å². The molecule has 2 bridgehead atoms. The number of esters is 2. The summed E-state index contributed by atoms with van der Waals surface area (Å²) in [5, 5.41) is -0.123. The van der Waals surface area contributed by atoms with Gasteiger partial charge >= 0.3 is 11.9 Å². The Morgan fingerprint density at radius 3 is 1.95 bits per heavy atom. The minimum absolute atomic E-state index is 0.00592. The highest BCUT2D eigenvalue weighted by Crippen LogP contribution is 2.79. The highest BCUT2D eigenvalue weighted by molar-refractivity contribution is 6.66. The second-order valence-corrected chi connectivity index (χ2v) is 8.15. The minimum atomic E-state index is -1.83. The molecule has 1 aliphatic heterocycles. The van der Waals surface area contributed by atoms with Crippen LogP contribution in [0.1, 0.15) is 12.8 Å². The summed E-state index contributed by atoms with van der Waals surface area (Å²) in [6.07, 6.45) is -0.400. The highest BCUT2D eigenvalue weighted by Gasteiger charge is 2.87. The van der Waals surface area contributed by atoms with Crippen molar-refractivity contribution < 1.29 is 14.3 Å². The lowest BCUT2D eigenvalue weighted by atomic mass is 9.73. The maximum absolute atomic E-state index is 12.1. The van der Waals surface area contributed by atoms with E-state index in [9.17, 15) is 9.59 Å². The third kappa shape index (κ3) is 1.23. The molecular weight excluding hydrogens is 381 g/mol. The van der Waals surface area contributed by atoms with E-state index in [4.69, 9.17) is 69.6 Å².